The van der Waals surface area contributed by atoms with E-state index in [2.05, 4.69) is 17.4 Å². The topological polar surface area (TPSA) is 41.6 Å². The summed E-state index contributed by atoms with van der Waals surface area (Å²) in [6.07, 6.45) is 3.74. The Hall–Kier alpha value is -1.55. The normalized spacial score (nSPS) is 26.6. The van der Waals surface area contributed by atoms with Crippen molar-refractivity contribution < 1.29 is 9.53 Å². The van der Waals surface area contributed by atoms with Crippen molar-refractivity contribution >= 4 is 5.91 Å². The lowest BCUT2D eigenvalue weighted by molar-refractivity contribution is -0.132. The van der Waals surface area contributed by atoms with Crippen LogP contribution in [0.5, 0.6) is 5.75 Å². The molecule has 4 nitrogen and oxygen atoms in total. The van der Waals surface area contributed by atoms with Gasteiger partial charge in [0.2, 0.25) is 5.91 Å². The van der Waals surface area contributed by atoms with Gasteiger partial charge in [0.05, 0.1) is 6.61 Å². The van der Waals surface area contributed by atoms with Gasteiger partial charge in [0.1, 0.15) is 5.75 Å². The van der Waals surface area contributed by atoms with Crippen LogP contribution in [0.1, 0.15) is 37.3 Å². The highest BCUT2D eigenvalue weighted by Crippen LogP contribution is 2.32. The molecular formula is C16H22N2O2. The largest absolute Gasteiger partial charge is 0.493 e. The van der Waals surface area contributed by atoms with Gasteiger partial charge in [-0.2, -0.15) is 0 Å². The van der Waals surface area contributed by atoms with Crippen molar-refractivity contribution in [3.05, 3.63) is 29.8 Å². The number of nitrogens with zero attached hydrogens (tertiary/aromatic N) is 1. The molecule has 1 amide bonds. The second-order valence-electron chi connectivity index (χ2n) is 5.76. The number of amides is 1. The minimum Gasteiger partial charge on any atom is -0.493 e. The van der Waals surface area contributed by atoms with Crippen molar-refractivity contribution in [1.29, 1.82) is 0 Å². The number of hydrogen-bond donors (Lipinski definition) is 1. The minimum atomic E-state index is 0.257. The van der Waals surface area contributed by atoms with Gasteiger partial charge < -0.3 is 15.0 Å². The van der Waals surface area contributed by atoms with Gasteiger partial charge in [-0.1, -0.05) is 18.2 Å². The monoisotopic (exact) mass is 274 g/mol. The van der Waals surface area contributed by atoms with Crippen LogP contribution in [0.2, 0.25) is 0 Å². The first-order valence-electron chi connectivity index (χ1n) is 7.46. The van der Waals surface area contributed by atoms with E-state index in [4.69, 9.17) is 4.74 Å². The number of rotatable bonds is 2. The van der Waals surface area contributed by atoms with Gasteiger partial charge >= 0.3 is 0 Å². The molecule has 2 aliphatic rings. The number of carbonyl (C=O) groups is 1. The lowest BCUT2D eigenvalue weighted by Crippen LogP contribution is -2.47. The molecule has 0 aliphatic carbocycles. The van der Waals surface area contributed by atoms with Gasteiger partial charge in [-0.25, -0.2) is 0 Å². The summed E-state index contributed by atoms with van der Waals surface area (Å²) in [5.74, 6) is 1.26. The van der Waals surface area contributed by atoms with Crippen molar-refractivity contribution in [3.8, 4) is 5.75 Å². The molecular weight excluding hydrogens is 252 g/mol. The molecule has 1 N–H and O–H groups in total. The smallest absolute Gasteiger partial charge is 0.222 e. The Bertz CT molecular complexity index is 489. The average Bonchev–Trinajstić information content (AvgIpc) is 2.66. The Morgan fingerprint density at radius 2 is 2.15 bits per heavy atom. The van der Waals surface area contributed by atoms with E-state index in [-0.39, 0.29) is 5.91 Å². The Balaban J connectivity index is 1.72. The van der Waals surface area contributed by atoms with Crippen LogP contribution in [-0.4, -0.2) is 37.0 Å². The molecule has 2 atom stereocenters. The molecule has 2 unspecified atom stereocenters. The molecule has 0 saturated carbocycles. The molecule has 1 aromatic rings. The summed E-state index contributed by atoms with van der Waals surface area (Å²) in [4.78, 5) is 13.4. The fourth-order valence-corrected chi connectivity index (χ4v) is 3.13. The number of benzene rings is 1. The van der Waals surface area contributed by atoms with Crippen LogP contribution in [0.25, 0.3) is 0 Å². The highest BCUT2D eigenvalue weighted by Gasteiger charge is 2.27. The molecule has 20 heavy (non-hydrogen) atoms. The Morgan fingerprint density at radius 1 is 1.30 bits per heavy atom. The zero-order chi connectivity index (χ0) is 13.9. The van der Waals surface area contributed by atoms with Crippen molar-refractivity contribution in [2.75, 3.05) is 20.2 Å². The van der Waals surface area contributed by atoms with E-state index < -0.39 is 0 Å². The van der Waals surface area contributed by atoms with Gasteiger partial charge in [-0.05, 0) is 25.3 Å². The summed E-state index contributed by atoms with van der Waals surface area (Å²) in [6.45, 7) is 1.59. The summed E-state index contributed by atoms with van der Waals surface area (Å²) in [5, 5.41) is 3.73. The fraction of sp³-hybridized carbons (Fsp3) is 0.562. The van der Waals surface area contributed by atoms with Gasteiger partial charge in [-0.3, -0.25) is 4.79 Å². The summed E-state index contributed by atoms with van der Waals surface area (Å²) in [6, 6.07) is 9.00. The lowest BCUT2D eigenvalue weighted by Gasteiger charge is -2.33. The molecule has 4 heteroatoms. The molecule has 0 radical (unpaired) electrons. The highest BCUT2D eigenvalue weighted by atomic mass is 16.5. The standard InChI is InChI=1S/C16H22N2O2/c1-18-11-12(8-9-16(18)19)17-14-6-4-10-20-15-7-3-2-5-13(14)15/h2-3,5,7,12,14,17H,4,6,8-11H2,1H3. The number of fused-ring (bicyclic) bond motifs is 1. The van der Waals surface area contributed by atoms with Gasteiger partial charge in [0.25, 0.3) is 0 Å². The number of likely N-dealkylation sites (tertiary alicyclic amines) is 1. The number of hydrogen-bond acceptors (Lipinski definition) is 3. The van der Waals surface area contributed by atoms with E-state index in [9.17, 15) is 4.79 Å². The third-order valence-electron chi connectivity index (χ3n) is 4.25. The molecule has 2 heterocycles. The molecule has 0 spiro atoms. The van der Waals surface area contributed by atoms with Crippen LogP contribution in [0, 0.1) is 0 Å². The fourth-order valence-electron chi connectivity index (χ4n) is 3.13. The zero-order valence-electron chi connectivity index (χ0n) is 12.0. The first-order chi connectivity index (χ1) is 9.74. The second-order valence-corrected chi connectivity index (χ2v) is 5.76. The van der Waals surface area contributed by atoms with Crippen molar-refractivity contribution in [2.45, 2.75) is 37.8 Å². The quantitative estimate of drug-likeness (QED) is 0.898. The molecule has 0 aromatic heterocycles. The maximum absolute atomic E-state index is 11.6. The zero-order valence-corrected chi connectivity index (χ0v) is 12.0. The molecule has 108 valence electrons. The number of piperidine rings is 1. The molecule has 1 fully saturated rings. The average molecular weight is 274 g/mol. The predicted molar refractivity (Wildman–Crippen MR) is 77.7 cm³/mol. The van der Waals surface area contributed by atoms with Crippen LogP contribution < -0.4 is 10.1 Å². The lowest BCUT2D eigenvalue weighted by atomic mass is 9.98. The minimum absolute atomic E-state index is 0.257. The SMILES string of the molecule is CN1CC(NC2CCCOc3ccccc32)CCC1=O. The number of para-hydroxylation sites is 1. The number of ether oxygens (including phenoxy) is 1. The van der Waals surface area contributed by atoms with Crippen LogP contribution in [0.3, 0.4) is 0 Å². The summed E-state index contributed by atoms with van der Waals surface area (Å²) in [7, 11) is 1.89. The number of carbonyl (C=O) groups excluding carboxylic acids is 1. The van der Waals surface area contributed by atoms with E-state index in [0.29, 0.717) is 18.5 Å². The predicted octanol–water partition coefficient (Wildman–Crippen LogP) is 2.11. The summed E-state index contributed by atoms with van der Waals surface area (Å²) < 4.78 is 5.80. The van der Waals surface area contributed by atoms with Crippen LogP contribution >= 0.6 is 0 Å². The summed E-state index contributed by atoms with van der Waals surface area (Å²) in [5.41, 5.74) is 1.25. The van der Waals surface area contributed by atoms with E-state index in [1.54, 1.807) is 0 Å². The van der Waals surface area contributed by atoms with Crippen molar-refractivity contribution in [1.82, 2.24) is 10.2 Å². The van der Waals surface area contributed by atoms with E-state index in [0.717, 1.165) is 38.2 Å². The first-order valence-corrected chi connectivity index (χ1v) is 7.46. The Kier molecular flexibility index (Phi) is 3.92. The highest BCUT2D eigenvalue weighted by molar-refractivity contribution is 5.76. The van der Waals surface area contributed by atoms with Gasteiger partial charge in [-0.15, -0.1) is 0 Å². The summed E-state index contributed by atoms with van der Waals surface area (Å²) >= 11 is 0. The first kappa shape index (κ1) is 13.4. The second kappa shape index (κ2) is 5.83. The Labute approximate surface area is 120 Å². The molecule has 2 aliphatic heterocycles. The van der Waals surface area contributed by atoms with Crippen molar-refractivity contribution in [3.63, 3.8) is 0 Å². The maximum Gasteiger partial charge on any atom is 0.222 e. The Morgan fingerprint density at radius 3 is 3.00 bits per heavy atom. The van der Waals surface area contributed by atoms with Gasteiger partial charge in [0.15, 0.2) is 0 Å². The van der Waals surface area contributed by atoms with E-state index in [1.807, 2.05) is 24.1 Å². The molecule has 0 bridgehead atoms. The third kappa shape index (κ3) is 2.80. The van der Waals surface area contributed by atoms with Crippen LogP contribution in [0.15, 0.2) is 24.3 Å². The van der Waals surface area contributed by atoms with Crippen LogP contribution in [0.4, 0.5) is 0 Å². The number of nitrogens with one attached hydrogen (secondary N) is 1. The van der Waals surface area contributed by atoms with Crippen LogP contribution in [-0.2, 0) is 4.79 Å². The number of likely N-dealkylation sites (N-methyl/N-ethyl adjacent to an activating group) is 1. The maximum atomic E-state index is 11.6. The molecule has 3 rings (SSSR count). The molecule has 1 saturated heterocycles. The third-order valence-corrected chi connectivity index (χ3v) is 4.25. The molecule has 1 aromatic carbocycles. The van der Waals surface area contributed by atoms with E-state index in [1.165, 1.54) is 5.56 Å². The van der Waals surface area contributed by atoms with Gasteiger partial charge in [0, 0.05) is 37.7 Å². The van der Waals surface area contributed by atoms with E-state index >= 15 is 0 Å². The van der Waals surface area contributed by atoms with Crippen molar-refractivity contribution in [2.24, 2.45) is 0 Å².